The average Bonchev–Trinajstić information content (AvgIpc) is 3.20. The topological polar surface area (TPSA) is 111 Å². The van der Waals surface area contributed by atoms with E-state index in [1.807, 2.05) is 39.4 Å². The van der Waals surface area contributed by atoms with Gasteiger partial charge in [0.2, 0.25) is 0 Å². The van der Waals surface area contributed by atoms with Crippen LogP contribution in [0.4, 0.5) is 0 Å². The lowest BCUT2D eigenvalue weighted by Crippen LogP contribution is -2.37. The molecular weight excluding hydrogens is 774 g/mol. The van der Waals surface area contributed by atoms with E-state index in [1.165, 1.54) is 0 Å². The van der Waals surface area contributed by atoms with Crippen LogP contribution in [0.15, 0.2) is 109 Å². The van der Waals surface area contributed by atoms with Crippen molar-refractivity contribution in [3.8, 4) is 0 Å². The maximum atomic E-state index is 12.7. The van der Waals surface area contributed by atoms with Crippen LogP contribution in [0.25, 0.3) is 0 Å². The predicted octanol–water partition coefficient (Wildman–Crippen LogP) is 12.5. The third-order valence-electron chi connectivity index (χ3n) is 8.85. The maximum absolute atomic E-state index is 12.7. The van der Waals surface area contributed by atoms with Crippen LogP contribution in [0.3, 0.4) is 0 Å². The second-order valence-electron chi connectivity index (χ2n) is 15.7. The molecule has 0 aromatic heterocycles. The van der Waals surface area contributed by atoms with Crippen LogP contribution in [0.2, 0.25) is 0 Å². The summed E-state index contributed by atoms with van der Waals surface area (Å²) in [5.41, 5.74) is 0. The molecule has 0 saturated carbocycles. The van der Waals surface area contributed by atoms with Gasteiger partial charge in [0, 0.05) is 12.8 Å². The number of nitrogens with zero attached hydrogens (tertiary/aromatic N) is 1. The van der Waals surface area contributed by atoms with Crippen LogP contribution in [0.5, 0.6) is 0 Å². The maximum Gasteiger partial charge on any atom is 0.306 e. The molecule has 2 unspecified atom stereocenters. The zero-order valence-electron chi connectivity index (χ0n) is 38.1. The lowest BCUT2D eigenvalue weighted by atomic mass is 10.1. The smallest absolute Gasteiger partial charge is 0.306 e. The quantitative estimate of drug-likeness (QED) is 0.0150. The Bertz CT molecular complexity index is 1380. The fourth-order valence-electron chi connectivity index (χ4n) is 5.36. The highest BCUT2D eigenvalue weighted by atomic mass is 31.2. The second kappa shape index (κ2) is 41.0. The number of likely N-dealkylation sites (N-methyl/N-ethyl adjacent to an activating group) is 1. The van der Waals surface area contributed by atoms with Crippen LogP contribution < -0.4 is 4.89 Å². The number of allylic oxidation sites excluding steroid dienone is 18. The normalized spacial score (nSPS) is 14.6. The molecule has 9 nitrogen and oxygen atoms in total. The van der Waals surface area contributed by atoms with Crippen molar-refractivity contribution in [2.45, 2.75) is 148 Å². The van der Waals surface area contributed by atoms with Crippen molar-refractivity contribution in [3.05, 3.63) is 109 Å². The summed E-state index contributed by atoms with van der Waals surface area (Å²) in [4.78, 5) is 37.5. The van der Waals surface area contributed by atoms with Crippen LogP contribution >= 0.6 is 7.82 Å². The van der Waals surface area contributed by atoms with E-state index in [0.29, 0.717) is 23.9 Å². The molecule has 340 valence electrons. The van der Waals surface area contributed by atoms with Crippen LogP contribution in [-0.2, 0) is 32.7 Å². The number of esters is 2. The summed E-state index contributed by atoms with van der Waals surface area (Å²) in [6.07, 6.45) is 55.5. The number of carbonyl (C=O) groups is 2. The molecule has 0 aromatic carbocycles. The highest BCUT2D eigenvalue weighted by Gasteiger charge is 2.21. The van der Waals surface area contributed by atoms with Gasteiger partial charge in [-0.25, -0.2) is 0 Å². The zero-order valence-corrected chi connectivity index (χ0v) is 39.0. The number of rotatable bonds is 39. The van der Waals surface area contributed by atoms with Crippen molar-refractivity contribution in [1.82, 2.24) is 0 Å². The molecule has 0 aromatic rings. The number of quaternary nitrogens is 1. The first-order valence-electron chi connectivity index (χ1n) is 22.6. The van der Waals surface area contributed by atoms with E-state index in [1.54, 1.807) is 0 Å². The van der Waals surface area contributed by atoms with Gasteiger partial charge >= 0.3 is 11.9 Å². The molecule has 0 fully saturated rings. The summed E-state index contributed by atoms with van der Waals surface area (Å²) in [5, 5.41) is 0. The Morgan fingerprint density at radius 3 is 1.52 bits per heavy atom. The molecule has 0 radical (unpaired) electrons. The number of phosphoric ester groups is 1. The molecular formula is C50H82NO8P. The third kappa shape index (κ3) is 44.2. The number of ether oxygens (including phenoxy) is 2. The summed E-state index contributed by atoms with van der Waals surface area (Å²) in [6.45, 7) is 3.89. The van der Waals surface area contributed by atoms with E-state index >= 15 is 0 Å². The van der Waals surface area contributed by atoms with Gasteiger partial charge in [0.25, 0.3) is 7.82 Å². The van der Waals surface area contributed by atoms with Crippen LogP contribution in [-0.4, -0.2) is 70.0 Å². The molecule has 0 N–H and O–H groups in total. The first kappa shape index (κ1) is 56.7. The van der Waals surface area contributed by atoms with Gasteiger partial charge in [-0.2, -0.15) is 0 Å². The summed E-state index contributed by atoms with van der Waals surface area (Å²) < 4.78 is 33.8. The van der Waals surface area contributed by atoms with Crippen molar-refractivity contribution in [3.63, 3.8) is 0 Å². The van der Waals surface area contributed by atoms with Crippen LogP contribution in [0, 0.1) is 0 Å². The standard InChI is InChI=1S/C50H82NO8P/c1-6-8-10-12-14-16-18-20-21-22-23-24-25-26-27-28-29-31-32-34-36-38-40-42-49(52)56-46-48(47-58-60(54,55)57-45-44-51(3,4)5)59-50(53)43-41-39-37-35-33-30-19-17-15-13-11-9-7-2/h8-11,13-17,19-21,23-24,26-27,29,31,48H,6-7,12,18,22,25,28,30,32-47H2,1-5H3/b10-8+,11-9+,15-13+,16-14+,19-17+,21-20+,24-23+,27-26+,31-29+. The molecule has 2 atom stereocenters. The second-order valence-corrected chi connectivity index (χ2v) is 17.1. The fraction of sp³-hybridized carbons (Fsp3) is 0.600. The number of hydrogen-bond donors (Lipinski definition) is 0. The highest BCUT2D eigenvalue weighted by molar-refractivity contribution is 7.45. The van der Waals surface area contributed by atoms with Gasteiger partial charge in [0.1, 0.15) is 19.8 Å². The number of unbranched alkanes of at least 4 members (excludes halogenated alkanes) is 9. The van der Waals surface area contributed by atoms with Crippen molar-refractivity contribution in [1.29, 1.82) is 0 Å². The Morgan fingerprint density at radius 2 is 0.983 bits per heavy atom. The molecule has 0 aliphatic rings. The molecule has 0 spiro atoms. The Labute approximate surface area is 366 Å². The summed E-state index contributed by atoms with van der Waals surface area (Å²) in [6, 6.07) is 0. The highest BCUT2D eigenvalue weighted by Crippen LogP contribution is 2.38. The Morgan fingerprint density at radius 1 is 0.533 bits per heavy atom. The van der Waals surface area contributed by atoms with Gasteiger partial charge in [-0.15, -0.1) is 0 Å². The van der Waals surface area contributed by atoms with E-state index in [4.69, 9.17) is 18.5 Å². The molecule has 0 heterocycles. The fourth-order valence-corrected chi connectivity index (χ4v) is 6.09. The zero-order chi connectivity index (χ0) is 44.3. The largest absolute Gasteiger partial charge is 0.756 e. The first-order chi connectivity index (χ1) is 29.0. The molecule has 0 amide bonds. The summed E-state index contributed by atoms with van der Waals surface area (Å²) in [5.74, 6) is -0.901. The van der Waals surface area contributed by atoms with Crippen molar-refractivity contribution in [2.75, 3.05) is 47.5 Å². The number of carbonyl (C=O) groups excluding carboxylic acids is 2. The van der Waals surface area contributed by atoms with Crippen LogP contribution in [0.1, 0.15) is 142 Å². The molecule has 0 aliphatic heterocycles. The van der Waals surface area contributed by atoms with Gasteiger partial charge < -0.3 is 27.9 Å². The molecule has 60 heavy (non-hydrogen) atoms. The summed E-state index contributed by atoms with van der Waals surface area (Å²) in [7, 11) is 1.11. The molecule has 0 bridgehead atoms. The Balaban J connectivity index is 4.40. The first-order valence-corrected chi connectivity index (χ1v) is 24.1. The van der Waals surface area contributed by atoms with E-state index in [0.717, 1.165) is 103 Å². The summed E-state index contributed by atoms with van der Waals surface area (Å²) >= 11 is 0. The molecule has 0 rings (SSSR count). The molecule has 0 aliphatic carbocycles. The lowest BCUT2D eigenvalue weighted by molar-refractivity contribution is -0.870. The van der Waals surface area contributed by atoms with E-state index in [-0.39, 0.29) is 26.1 Å². The average molecular weight is 856 g/mol. The van der Waals surface area contributed by atoms with Gasteiger partial charge in [0.05, 0.1) is 27.7 Å². The SMILES string of the molecule is CC/C=C/C=C/C=C/CCCCCCCC(=O)OC(COC(=O)CCCCCC/C=C/C/C=C/C/C=C/C/C=C/C/C=C/C/C=C/CC)COP(=O)([O-])OCC[N+](C)(C)C. The predicted molar refractivity (Wildman–Crippen MR) is 249 cm³/mol. The van der Waals surface area contributed by atoms with Crippen molar-refractivity contribution < 1.29 is 42.1 Å². The lowest BCUT2D eigenvalue weighted by Gasteiger charge is -2.28. The number of phosphoric acid groups is 1. The van der Waals surface area contributed by atoms with Gasteiger partial charge in [0.15, 0.2) is 6.10 Å². The van der Waals surface area contributed by atoms with Crippen molar-refractivity contribution in [2.24, 2.45) is 0 Å². The van der Waals surface area contributed by atoms with E-state index in [2.05, 4.69) is 105 Å². The van der Waals surface area contributed by atoms with Gasteiger partial charge in [-0.1, -0.05) is 155 Å². The Kier molecular flexibility index (Phi) is 38.8. The van der Waals surface area contributed by atoms with Crippen molar-refractivity contribution >= 4 is 19.8 Å². The molecule has 10 heteroatoms. The monoisotopic (exact) mass is 856 g/mol. The number of hydrogen-bond acceptors (Lipinski definition) is 8. The third-order valence-corrected chi connectivity index (χ3v) is 9.81. The molecule has 0 saturated heterocycles. The minimum Gasteiger partial charge on any atom is -0.756 e. The minimum absolute atomic E-state index is 0.0465. The van der Waals surface area contributed by atoms with Gasteiger partial charge in [-0.05, 0) is 83.5 Å². The van der Waals surface area contributed by atoms with E-state index < -0.39 is 32.5 Å². The van der Waals surface area contributed by atoms with Gasteiger partial charge in [-0.3, -0.25) is 14.2 Å². The minimum atomic E-state index is -4.65. The Hall–Kier alpha value is -3.33. The van der Waals surface area contributed by atoms with E-state index in [9.17, 15) is 19.0 Å².